The van der Waals surface area contributed by atoms with Crippen molar-refractivity contribution in [3.63, 3.8) is 0 Å². The molecule has 1 fully saturated rings. The van der Waals surface area contributed by atoms with E-state index >= 15 is 0 Å². The van der Waals surface area contributed by atoms with Crippen LogP contribution in [0.15, 0.2) is 18.2 Å². The van der Waals surface area contributed by atoms with Gasteiger partial charge in [0.15, 0.2) is 0 Å². The summed E-state index contributed by atoms with van der Waals surface area (Å²) in [5.41, 5.74) is 5.69. The number of carbonyl (C=O) groups is 1. The largest absolute Gasteiger partial charge is 0.329 e. The third-order valence-corrected chi connectivity index (χ3v) is 4.28. The fraction of sp³-hybridized carbons (Fsp3) is 0.500. The lowest BCUT2D eigenvalue weighted by molar-refractivity contribution is -0.125. The van der Waals surface area contributed by atoms with Gasteiger partial charge in [-0.2, -0.15) is 5.26 Å². The molecule has 0 atom stereocenters. The Labute approximate surface area is 124 Å². The van der Waals surface area contributed by atoms with Crippen molar-refractivity contribution < 1.29 is 9.18 Å². The molecule has 1 aromatic rings. The van der Waals surface area contributed by atoms with E-state index in [0.717, 1.165) is 38.5 Å². The average Bonchev–Trinajstić information content (AvgIpc) is 2.75. The zero-order valence-electron chi connectivity index (χ0n) is 12.0. The molecular formula is C16H20FN3O. The number of rotatable bonds is 3. The molecule has 2 rings (SSSR count). The predicted molar refractivity (Wildman–Crippen MR) is 78.9 cm³/mol. The van der Waals surface area contributed by atoms with Crippen LogP contribution in [-0.2, 0) is 4.79 Å². The number of halogens is 1. The molecule has 0 unspecified atom stereocenters. The first kappa shape index (κ1) is 15.5. The summed E-state index contributed by atoms with van der Waals surface area (Å²) in [7, 11) is 0. The van der Waals surface area contributed by atoms with E-state index in [4.69, 9.17) is 11.0 Å². The Hall–Kier alpha value is -1.93. The van der Waals surface area contributed by atoms with Crippen molar-refractivity contribution in [2.45, 2.75) is 38.5 Å². The number of nitriles is 1. The molecule has 0 heterocycles. The molecule has 21 heavy (non-hydrogen) atoms. The minimum atomic E-state index is -0.585. The number of benzene rings is 1. The molecule has 0 bridgehead atoms. The highest BCUT2D eigenvalue weighted by molar-refractivity contribution is 5.95. The lowest BCUT2D eigenvalue weighted by Crippen LogP contribution is -2.42. The summed E-state index contributed by atoms with van der Waals surface area (Å²) >= 11 is 0. The fourth-order valence-corrected chi connectivity index (χ4v) is 2.88. The van der Waals surface area contributed by atoms with Crippen molar-refractivity contribution in [3.05, 3.63) is 29.6 Å². The molecule has 1 aliphatic carbocycles. The number of nitrogens with two attached hydrogens (primary N) is 1. The third-order valence-electron chi connectivity index (χ3n) is 4.28. The van der Waals surface area contributed by atoms with Crippen molar-refractivity contribution in [2.24, 2.45) is 11.1 Å². The van der Waals surface area contributed by atoms with Gasteiger partial charge in [0.25, 0.3) is 0 Å². The van der Waals surface area contributed by atoms with E-state index in [1.165, 1.54) is 18.2 Å². The summed E-state index contributed by atoms with van der Waals surface area (Å²) < 4.78 is 13.3. The van der Waals surface area contributed by atoms with Crippen LogP contribution in [0.4, 0.5) is 10.1 Å². The van der Waals surface area contributed by atoms with Gasteiger partial charge in [0.05, 0.1) is 11.0 Å². The Bertz CT molecular complexity index is 557. The van der Waals surface area contributed by atoms with Gasteiger partial charge in [0.1, 0.15) is 11.9 Å². The molecule has 3 N–H and O–H groups in total. The average molecular weight is 289 g/mol. The first-order valence-corrected chi connectivity index (χ1v) is 7.32. The van der Waals surface area contributed by atoms with Gasteiger partial charge < -0.3 is 11.1 Å². The van der Waals surface area contributed by atoms with E-state index < -0.39 is 11.2 Å². The van der Waals surface area contributed by atoms with Crippen LogP contribution < -0.4 is 11.1 Å². The molecule has 1 aliphatic rings. The molecule has 0 aromatic heterocycles. The predicted octanol–water partition coefficient (Wildman–Crippen LogP) is 2.94. The smallest absolute Gasteiger partial charge is 0.231 e. The molecule has 0 spiro atoms. The molecule has 1 saturated carbocycles. The monoisotopic (exact) mass is 289 g/mol. The highest BCUT2D eigenvalue weighted by Crippen LogP contribution is 2.35. The second-order valence-electron chi connectivity index (χ2n) is 5.66. The first-order valence-electron chi connectivity index (χ1n) is 7.32. The van der Waals surface area contributed by atoms with Crippen LogP contribution in [0, 0.1) is 22.6 Å². The second-order valence-corrected chi connectivity index (χ2v) is 5.66. The Kier molecular flexibility index (Phi) is 4.92. The van der Waals surface area contributed by atoms with Gasteiger partial charge in [0.2, 0.25) is 5.91 Å². The van der Waals surface area contributed by atoms with Crippen molar-refractivity contribution in [2.75, 3.05) is 11.9 Å². The van der Waals surface area contributed by atoms with Crippen molar-refractivity contribution >= 4 is 11.6 Å². The van der Waals surface area contributed by atoms with E-state index in [1.807, 2.05) is 0 Å². The van der Waals surface area contributed by atoms with Crippen LogP contribution in [0.2, 0.25) is 0 Å². The van der Waals surface area contributed by atoms with Gasteiger partial charge in [-0.3, -0.25) is 4.79 Å². The fourth-order valence-electron chi connectivity index (χ4n) is 2.88. The van der Waals surface area contributed by atoms with Crippen LogP contribution in [-0.4, -0.2) is 12.5 Å². The highest BCUT2D eigenvalue weighted by Gasteiger charge is 2.37. The number of carbonyl (C=O) groups excluding carboxylic acids is 1. The van der Waals surface area contributed by atoms with E-state index in [0.29, 0.717) is 12.2 Å². The maximum absolute atomic E-state index is 13.3. The maximum Gasteiger partial charge on any atom is 0.231 e. The van der Waals surface area contributed by atoms with Gasteiger partial charge in [0, 0.05) is 12.2 Å². The summed E-state index contributed by atoms with van der Waals surface area (Å²) in [6, 6.07) is 5.78. The Balaban J connectivity index is 2.17. The van der Waals surface area contributed by atoms with Crippen molar-refractivity contribution in [1.82, 2.24) is 0 Å². The lowest BCUT2D eigenvalue weighted by Gasteiger charge is -2.29. The lowest BCUT2D eigenvalue weighted by atomic mass is 9.79. The number of nitrogens with zero attached hydrogens (tertiary/aromatic N) is 1. The quantitative estimate of drug-likeness (QED) is 0.840. The van der Waals surface area contributed by atoms with E-state index in [9.17, 15) is 9.18 Å². The van der Waals surface area contributed by atoms with Gasteiger partial charge in [-0.25, -0.2) is 4.39 Å². The number of hydrogen-bond acceptors (Lipinski definition) is 3. The summed E-state index contributed by atoms with van der Waals surface area (Å²) in [4.78, 5) is 12.6. The minimum absolute atomic E-state index is 0.0736. The van der Waals surface area contributed by atoms with Gasteiger partial charge in [-0.1, -0.05) is 25.7 Å². The van der Waals surface area contributed by atoms with Crippen LogP contribution in [0.3, 0.4) is 0 Å². The minimum Gasteiger partial charge on any atom is -0.329 e. The first-order chi connectivity index (χ1) is 10.1. The number of amides is 1. The molecule has 1 aromatic carbocycles. The molecular weight excluding hydrogens is 269 g/mol. The van der Waals surface area contributed by atoms with Crippen LogP contribution in [0.1, 0.15) is 44.1 Å². The van der Waals surface area contributed by atoms with Gasteiger partial charge in [-0.05, 0) is 31.0 Å². The second kappa shape index (κ2) is 6.68. The summed E-state index contributed by atoms with van der Waals surface area (Å²) in [6.45, 7) is 0.311. The molecule has 0 saturated heterocycles. The van der Waals surface area contributed by atoms with E-state index in [-0.39, 0.29) is 11.5 Å². The molecule has 112 valence electrons. The Morgan fingerprint density at radius 3 is 2.57 bits per heavy atom. The third kappa shape index (κ3) is 3.40. The zero-order chi connectivity index (χ0) is 15.3. The molecule has 5 heteroatoms. The SMILES string of the molecule is N#Cc1cc(NC(=O)C2(CN)CCCCCC2)ccc1F. The van der Waals surface area contributed by atoms with E-state index in [2.05, 4.69) is 5.32 Å². The number of hydrogen-bond donors (Lipinski definition) is 2. The van der Waals surface area contributed by atoms with Crippen LogP contribution in [0.25, 0.3) is 0 Å². The summed E-state index contributed by atoms with van der Waals surface area (Å²) in [6.07, 6.45) is 5.81. The van der Waals surface area contributed by atoms with Gasteiger partial charge in [-0.15, -0.1) is 0 Å². The van der Waals surface area contributed by atoms with E-state index in [1.54, 1.807) is 6.07 Å². The standard InChI is InChI=1S/C16H20FN3O/c17-14-6-5-13(9-12(14)10-18)20-15(21)16(11-19)7-3-1-2-4-8-16/h5-6,9H,1-4,7-8,11,19H2,(H,20,21). The molecule has 4 nitrogen and oxygen atoms in total. The molecule has 0 aliphatic heterocycles. The van der Waals surface area contributed by atoms with Crippen molar-refractivity contribution in [3.8, 4) is 6.07 Å². The van der Waals surface area contributed by atoms with Crippen LogP contribution in [0.5, 0.6) is 0 Å². The normalized spacial score (nSPS) is 17.6. The van der Waals surface area contributed by atoms with Crippen LogP contribution >= 0.6 is 0 Å². The topological polar surface area (TPSA) is 78.9 Å². The summed E-state index contributed by atoms with van der Waals surface area (Å²) in [5.74, 6) is -0.707. The number of anilines is 1. The highest BCUT2D eigenvalue weighted by atomic mass is 19.1. The van der Waals surface area contributed by atoms with Gasteiger partial charge >= 0.3 is 0 Å². The number of nitrogens with one attached hydrogen (secondary N) is 1. The Morgan fingerprint density at radius 1 is 1.33 bits per heavy atom. The zero-order valence-corrected chi connectivity index (χ0v) is 12.0. The molecule has 0 radical (unpaired) electrons. The summed E-state index contributed by atoms with van der Waals surface area (Å²) in [5, 5.41) is 11.6. The Morgan fingerprint density at radius 2 is 2.00 bits per heavy atom. The molecule has 1 amide bonds. The maximum atomic E-state index is 13.3. The van der Waals surface area contributed by atoms with Crippen molar-refractivity contribution in [1.29, 1.82) is 5.26 Å².